The van der Waals surface area contributed by atoms with E-state index in [0.717, 1.165) is 28.6 Å². The van der Waals surface area contributed by atoms with Gasteiger partial charge in [0, 0.05) is 18.6 Å². The van der Waals surface area contributed by atoms with Crippen molar-refractivity contribution in [3.63, 3.8) is 0 Å². The van der Waals surface area contributed by atoms with E-state index in [1.165, 1.54) is 0 Å². The molecule has 4 nitrogen and oxygen atoms in total. The summed E-state index contributed by atoms with van der Waals surface area (Å²) in [6.45, 7) is 0.599. The molecule has 0 unspecified atom stereocenters. The quantitative estimate of drug-likeness (QED) is 0.782. The highest BCUT2D eigenvalue weighted by molar-refractivity contribution is 6.31. The van der Waals surface area contributed by atoms with E-state index in [4.69, 9.17) is 11.6 Å². The average molecular weight is 328 g/mol. The van der Waals surface area contributed by atoms with E-state index in [1.807, 2.05) is 29.8 Å². The van der Waals surface area contributed by atoms with Gasteiger partial charge in [-0.15, -0.1) is 0 Å². The highest BCUT2D eigenvalue weighted by atomic mass is 35.5. The number of benzene rings is 2. The van der Waals surface area contributed by atoms with Gasteiger partial charge >= 0.3 is 0 Å². The summed E-state index contributed by atoms with van der Waals surface area (Å²) in [4.78, 5) is 16.3. The monoisotopic (exact) mass is 327 g/mol. The van der Waals surface area contributed by atoms with E-state index in [1.54, 1.807) is 12.4 Å². The maximum atomic E-state index is 12.0. The smallest absolute Gasteiger partial charge is 0.224 e. The Labute approximate surface area is 140 Å². The minimum absolute atomic E-state index is 0.0167. The zero-order valence-electron chi connectivity index (χ0n) is 12.9. The maximum absolute atomic E-state index is 12.0. The minimum Gasteiger partial charge on any atom is -0.355 e. The van der Waals surface area contributed by atoms with Crippen LogP contribution in [0.15, 0.2) is 48.8 Å². The lowest BCUT2D eigenvalue weighted by Gasteiger charge is -2.07. The fraction of sp³-hybridized carbons (Fsp3) is 0.222. The van der Waals surface area contributed by atoms with Gasteiger partial charge in [0.25, 0.3) is 0 Å². The Hall–Kier alpha value is -2.33. The number of carbonyl (C=O) groups excluding carboxylic acids is 1. The molecule has 1 aromatic heterocycles. The molecule has 23 heavy (non-hydrogen) atoms. The highest BCUT2D eigenvalue weighted by Crippen LogP contribution is 2.16. The second-order valence-corrected chi connectivity index (χ2v) is 5.95. The van der Waals surface area contributed by atoms with E-state index >= 15 is 0 Å². The number of fused-ring (bicyclic) bond motifs is 1. The van der Waals surface area contributed by atoms with Crippen molar-refractivity contribution in [2.24, 2.45) is 7.05 Å². The maximum Gasteiger partial charge on any atom is 0.224 e. The van der Waals surface area contributed by atoms with E-state index in [9.17, 15) is 4.79 Å². The van der Waals surface area contributed by atoms with Crippen molar-refractivity contribution in [2.45, 2.75) is 12.8 Å². The molecule has 2 aromatic carbocycles. The number of hydrogen-bond donors (Lipinski definition) is 1. The van der Waals surface area contributed by atoms with Crippen LogP contribution in [0.2, 0.25) is 5.02 Å². The van der Waals surface area contributed by atoms with Crippen LogP contribution >= 0.6 is 11.6 Å². The Kier molecular flexibility index (Phi) is 4.63. The van der Waals surface area contributed by atoms with Crippen molar-refractivity contribution in [3.05, 3.63) is 64.9 Å². The van der Waals surface area contributed by atoms with Crippen LogP contribution in [0.3, 0.4) is 0 Å². The predicted molar refractivity (Wildman–Crippen MR) is 92.6 cm³/mol. The fourth-order valence-electron chi connectivity index (χ4n) is 2.56. The first-order chi connectivity index (χ1) is 11.1. The van der Waals surface area contributed by atoms with Gasteiger partial charge in [-0.05, 0) is 35.7 Å². The lowest BCUT2D eigenvalue weighted by Crippen LogP contribution is -2.27. The molecule has 1 N–H and O–H groups in total. The van der Waals surface area contributed by atoms with Crippen LogP contribution in [0, 0.1) is 0 Å². The van der Waals surface area contributed by atoms with Gasteiger partial charge in [0.15, 0.2) is 0 Å². The number of rotatable bonds is 5. The average Bonchev–Trinajstić information content (AvgIpc) is 2.90. The molecule has 0 fully saturated rings. The van der Waals surface area contributed by atoms with Crippen LogP contribution in [0.5, 0.6) is 0 Å². The van der Waals surface area contributed by atoms with Crippen LogP contribution in [-0.4, -0.2) is 22.0 Å². The van der Waals surface area contributed by atoms with Crippen molar-refractivity contribution in [1.82, 2.24) is 14.9 Å². The van der Waals surface area contributed by atoms with Gasteiger partial charge in [0.2, 0.25) is 5.91 Å². The molecule has 0 aliphatic carbocycles. The molecule has 3 rings (SSSR count). The standard InChI is InChI=1S/C18H18ClN3O/c1-22-12-21-16-10-13(6-7-17(16)22)8-9-20-18(23)11-14-4-2-3-5-15(14)19/h2-7,10,12H,8-9,11H2,1H3,(H,20,23). The van der Waals surface area contributed by atoms with Gasteiger partial charge in [-0.2, -0.15) is 0 Å². The molecule has 0 saturated carbocycles. The lowest BCUT2D eigenvalue weighted by molar-refractivity contribution is -0.120. The first kappa shape index (κ1) is 15.6. The molecule has 1 amide bonds. The summed E-state index contributed by atoms with van der Waals surface area (Å²) < 4.78 is 1.99. The number of nitrogens with one attached hydrogen (secondary N) is 1. The number of carbonyl (C=O) groups is 1. The summed E-state index contributed by atoms with van der Waals surface area (Å²) in [6, 6.07) is 13.6. The topological polar surface area (TPSA) is 46.9 Å². The van der Waals surface area contributed by atoms with Gasteiger partial charge in [-0.25, -0.2) is 4.98 Å². The number of imidazole rings is 1. The summed E-state index contributed by atoms with van der Waals surface area (Å²) in [5, 5.41) is 3.56. The third-order valence-corrected chi connectivity index (χ3v) is 4.20. The van der Waals surface area contributed by atoms with Gasteiger partial charge in [0.05, 0.1) is 23.8 Å². The zero-order chi connectivity index (χ0) is 16.2. The molecule has 0 atom stereocenters. The Morgan fingerprint density at radius 1 is 1.26 bits per heavy atom. The fourth-order valence-corrected chi connectivity index (χ4v) is 2.76. The number of hydrogen-bond acceptors (Lipinski definition) is 2. The van der Waals surface area contributed by atoms with E-state index in [2.05, 4.69) is 28.5 Å². The van der Waals surface area contributed by atoms with Gasteiger partial charge in [-0.1, -0.05) is 35.9 Å². The number of amides is 1. The Morgan fingerprint density at radius 3 is 2.91 bits per heavy atom. The van der Waals surface area contributed by atoms with Gasteiger partial charge < -0.3 is 9.88 Å². The molecule has 118 valence electrons. The molecule has 1 heterocycles. The molecule has 0 radical (unpaired) electrons. The molecule has 0 saturated heterocycles. The van der Waals surface area contributed by atoms with Crippen molar-refractivity contribution >= 4 is 28.5 Å². The molecular weight excluding hydrogens is 310 g/mol. The van der Waals surface area contributed by atoms with Crippen LogP contribution in [0.4, 0.5) is 0 Å². The molecule has 3 aromatic rings. The van der Waals surface area contributed by atoms with Crippen LogP contribution in [0.25, 0.3) is 11.0 Å². The minimum atomic E-state index is -0.0167. The van der Waals surface area contributed by atoms with Crippen LogP contribution in [-0.2, 0) is 24.7 Å². The van der Waals surface area contributed by atoms with Gasteiger partial charge in [0.1, 0.15) is 0 Å². The molecule has 5 heteroatoms. The van der Waals surface area contributed by atoms with E-state index < -0.39 is 0 Å². The first-order valence-electron chi connectivity index (χ1n) is 7.53. The molecule has 0 aliphatic rings. The SMILES string of the molecule is Cn1cnc2cc(CCNC(=O)Cc3ccccc3Cl)ccc21. The molecule has 0 aliphatic heterocycles. The number of halogens is 1. The molecule has 0 spiro atoms. The highest BCUT2D eigenvalue weighted by Gasteiger charge is 2.06. The third kappa shape index (κ3) is 3.71. The summed E-state index contributed by atoms with van der Waals surface area (Å²) in [5.41, 5.74) is 4.10. The lowest BCUT2D eigenvalue weighted by atomic mass is 10.1. The van der Waals surface area contributed by atoms with Crippen LogP contribution in [0.1, 0.15) is 11.1 Å². The summed E-state index contributed by atoms with van der Waals surface area (Å²) >= 11 is 6.07. The molecule has 0 bridgehead atoms. The van der Waals surface area contributed by atoms with Crippen molar-refractivity contribution in [1.29, 1.82) is 0 Å². The number of nitrogens with zero attached hydrogens (tertiary/aromatic N) is 2. The number of aryl methyl sites for hydroxylation is 1. The van der Waals surface area contributed by atoms with Crippen molar-refractivity contribution in [2.75, 3.05) is 6.54 Å². The van der Waals surface area contributed by atoms with E-state index in [0.29, 0.717) is 18.0 Å². The Bertz CT molecular complexity index is 841. The van der Waals surface area contributed by atoms with E-state index in [-0.39, 0.29) is 5.91 Å². The summed E-state index contributed by atoms with van der Waals surface area (Å²) in [5.74, 6) is -0.0167. The largest absolute Gasteiger partial charge is 0.355 e. The van der Waals surface area contributed by atoms with Crippen LogP contribution < -0.4 is 5.32 Å². The van der Waals surface area contributed by atoms with Crippen molar-refractivity contribution < 1.29 is 4.79 Å². The number of aromatic nitrogens is 2. The normalized spacial score (nSPS) is 10.9. The zero-order valence-corrected chi connectivity index (χ0v) is 13.7. The second-order valence-electron chi connectivity index (χ2n) is 5.55. The van der Waals surface area contributed by atoms with Gasteiger partial charge in [-0.3, -0.25) is 4.79 Å². The third-order valence-electron chi connectivity index (χ3n) is 3.83. The van der Waals surface area contributed by atoms with Crippen molar-refractivity contribution in [3.8, 4) is 0 Å². The molecular formula is C18H18ClN3O. The summed E-state index contributed by atoms with van der Waals surface area (Å²) in [7, 11) is 1.98. The Balaban J connectivity index is 1.54. The predicted octanol–water partition coefficient (Wildman–Crippen LogP) is 3.13. The Morgan fingerprint density at radius 2 is 2.09 bits per heavy atom. The first-order valence-corrected chi connectivity index (χ1v) is 7.91. The second kappa shape index (κ2) is 6.84. The summed E-state index contributed by atoms with van der Waals surface area (Å²) in [6.07, 6.45) is 2.89.